The van der Waals surface area contributed by atoms with Gasteiger partial charge >= 0.3 is 17.9 Å². The number of hydrogen-bond donors (Lipinski definition) is 10. The van der Waals surface area contributed by atoms with Crippen molar-refractivity contribution < 1.29 is 63.3 Å². The summed E-state index contributed by atoms with van der Waals surface area (Å²) in [7, 11) is 0. The highest BCUT2D eigenvalue weighted by Gasteiger charge is 2.34. The Labute approximate surface area is 467 Å². The van der Waals surface area contributed by atoms with Crippen LogP contribution in [0.1, 0.15) is 105 Å². The third-order valence-electron chi connectivity index (χ3n) is 12.9. The van der Waals surface area contributed by atoms with Crippen LogP contribution in [-0.4, -0.2) is 127 Å². The van der Waals surface area contributed by atoms with Crippen molar-refractivity contribution in [3.63, 3.8) is 0 Å². The van der Waals surface area contributed by atoms with Gasteiger partial charge in [0.15, 0.2) is 0 Å². The van der Waals surface area contributed by atoms with Crippen molar-refractivity contribution in [1.82, 2.24) is 46.9 Å². The molecule has 5 rings (SSSR count). The second-order valence-corrected chi connectivity index (χ2v) is 19.4. The zero-order valence-electron chi connectivity index (χ0n) is 44.9. The number of aryl methyl sites for hydroxylation is 1. The minimum atomic E-state index is -1.79. The van der Waals surface area contributed by atoms with E-state index in [9.17, 15) is 58.2 Å². The minimum Gasteiger partial charge on any atom is -0.481 e. The van der Waals surface area contributed by atoms with Gasteiger partial charge < -0.3 is 53.0 Å². The molecule has 1 heterocycles. The maximum absolute atomic E-state index is 13.6. The SMILES string of the molecule is CC(C)[C@H](NC(=O)[C@H](CCC(=O)O)NC(=O)[C@H](CC(=O)O)NC=O)C(=O)N[C@@H](CC(=O)O)C(=O)N[C@@H](CCCCNC(=O)CCCc1cn(Cc2ccc(C(=C(c3ccccc3)c3ccccc3)c3ccccc3)cc2)nn1)C(N)=O. The molecule has 0 saturated heterocycles. The number of carboxylic acids is 3. The average molecular weight is 1110 g/mol. The van der Waals surface area contributed by atoms with Gasteiger partial charge in [0, 0.05) is 25.6 Å². The highest BCUT2D eigenvalue weighted by Crippen LogP contribution is 2.37. The van der Waals surface area contributed by atoms with Gasteiger partial charge in [-0.3, -0.25) is 47.9 Å². The fourth-order valence-corrected chi connectivity index (χ4v) is 8.72. The lowest BCUT2D eigenvalue weighted by molar-refractivity contribution is -0.142. The zero-order chi connectivity index (χ0) is 58.8. The fourth-order valence-electron chi connectivity index (χ4n) is 8.72. The standard InChI is InChI=1S/C58H68N10O13/c1-36(2)53(65-55(78)44(28-29-48(71)72)63-56(79)45(61-35-69)31-49(73)74)58(81)64-46(32-50(75)76)57(80)62-43(54(59)77)22-12-13-30-60-47(70)23-14-21-42-34-68(67-66-42)33-37-24-26-41(27-25-37)52(40-19-10-5-11-20-40)51(38-15-6-3-7-16-38)39-17-8-4-9-18-39/h3-11,15-20,24-27,34-36,43-46,53H,12-14,21-23,28-33H2,1-2H3,(H2,59,77)(H,60,70)(H,61,69)(H,62,80)(H,63,79)(H,64,81)(H,65,78)(H,71,72)(H,73,74)(H,75,76)/t43-,44-,45-,46-,53-/m0/s1. The number of primary amides is 1. The lowest BCUT2D eigenvalue weighted by Gasteiger charge is -2.28. The summed E-state index contributed by atoms with van der Waals surface area (Å²) in [4.78, 5) is 124. The number of aromatic nitrogens is 3. The number of carboxylic acid groups (broad SMARTS) is 3. The van der Waals surface area contributed by atoms with E-state index >= 15 is 0 Å². The first kappa shape index (κ1) is 62.3. The van der Waals surface area contributed by atoms with E-state index in [1.165, 1.54) is 13.8 Å². The topological polar surface area (TPSA) is 360 Å². The predicted molar refractivity (Wildman–Crippen MR) is 296 cm³/mol. The van der Waals surface area contributed by atoms with Crippen LogP contribution in [0, 0.1) is 5.92 Å². The molecule has 4 aromatic carbocycles. The Morgan fingerprint density at radius 3 is 1.59 bits per heavy atom. The Morgan fingerprint density at radius 2 is 1.07 bits per heavy atom. The van der Waals surface area contributed by atoms with Gasteiger partial charge in [0.05, 0.1) is 25.1 Å². The highest BCUT2D eigenvalue weighted by atomic mass is 16.4. The Hall–Kier alpha value is -9.54. The number of carbonyl (C=O) groups is 10. The first-order chi connectivity index (χ1) is 38.8. The van der Waals surface area contributed by atoms with Crippen molar-refractivity contribution in [3.8, 4) is 0 Å². The van der Waals surface area contributed by atoms with Crippen LogP contribution in [0.4, 0.5) is 0 Å². The van der Waals surface area contributed by atoms with Crippen molar-refractivity contribution in [2.45, 2.75) is 115 Å². The number of nitrogens with two attached hydrogens (primary N) is 1. The average Bonchev–Trinajstić information content (AvgIpc) is 3.91. The highest BCUT2D eigenvalue weighted by molar-refractivity contribution is 6.04. The molecule has 0 aliphatic rings. The summed E-state index contributed by atoms with van der Waals surface area (Å²) in [6.45, 7) is 3.68. The van der Waals surface area contributed by atoms with E-state index in [1.807, 2.05) is 66.1 Å². The van der Waals surface area contributed by atoms with Crippen molar-refractivity contribution in [2.24, 2.45) is 11.7 Å². The minimum absolute atomic E-state index is 0.0104. The van der Waals surface area contributed by atoms with Crippen LogP contribution in [0.25, 0.3) is 11.1 Å². The number of amides is 7. The van der Waals surface area contributed by atoms with Gasteiger partial charge in [-0.25, -0.2) is 4.68 Å². The largest absolute Gasteiger partial charge is 0.481 e. The second kappa shape index (κ2) is 31.8. The number of nitrogens with one attached hydrogen (secondary N) is 6. The normalized spacial score (nSPS) is 12.7. The van der Waals surface area contributed by atoms with E-state index in [-0.39, 0.29) is 38.1 Å². The number of aliphatic carboxylic acids is 3. The first-order valence-electron chi connectivity index (χ1n) is 26.3. The van der Waals surface area contributed by atoms with E-state index < -0.39 is 109 Å². The summed E-state index contributed by atoms with van der Waals surface area (Å²) in [5, 5.41) is 50.6. The molecular weight excluding hydrogens is 1040 g/mol. The summed E-state index contributed by atoms with van der Waals surface area (Å²) in [6, 6.07) is 31.5. The van der Waals surface area contributed by atoms with Crippen LogP contribution >= 0.6 is 0 Å². The van der Waals surface area contributed by atoms with Crippen molar-refractivity contribution in [3.05, 3.63) is 155 Å². The number of unbranched alkanes of at least 4 members (excludes halogenated alkanes) is 1. The smallest absolute Gasteiger partial charge is 0.305 e. The molecule has 0 radical (unpaired) electrons. The van der Waals surface area contributed by atoms with Gasteiger partial charge in [0.25, 0.3) is 0 Å². The Balaban J connectivity index is 1.09. The van der Waals surface area contributed by atoms with Gasteiger partial charge in [-0.2, -0.15) is 0 Å². The molecule has 11 N–H and O–H groups in total. The van der Waals surface area contributed by atoms with Crippen molar-refractivity contribution in [1.29, 1.82) is 0 Å². The van der Waals surface area contributed by atoms with E-state index in [2.05, 4.69) is 97.6 Å². The molecule has 0 aliphatic heterocycles. The van der Waals surface area contributed by atoms with E-state index in [0.717, 1.165) is 44.7 Å². The molecule has 7 amide bonds. The molecule has 0 spiro atoms. The van der Waals surface area contributed by atoms with Gasteiger partial charge in [0.1, 0.15) is 30.2 Å². The summed E-state index contributed by atoms with van der Waals surface area (Å²) in [5.41, 5.74) is 13.9. The van der Waals surface area contributed by atoms with Gasteiger partial charge in [0.2, 0.25) is 41.9 Å². The first-order valence-corrected chi connectivity index (χ1v) is 26.3. The van der Waals surface area contributed by atoms with E-state index in [0.29, 0.717) is 25.8 Å². The third-order valence-corrected chi connectivity index (χ3v) is 12.9. The molecule has 81 heavy (non-hydrogen) atoms. The molecule has 5 aromatic rings. The summed E-state index contributed by atoms with van der Waals surface area (Å²) in [6.07, 6.45) is 0.737. The van der Waals surface area contributed by atoms with Crippen LogP contribution in [-0.2, 0) is 60.9 Å². The number of benzene rings is 4. The van der Waals surface area contributed by atoms with Gasteiger partial charge in [-0.15, -0.1) is 5.10 Å². The van der Waals surface area contributed by atoms with E-state index in [4.69, 9.17) is 10.8 Å². The zero-order valence-corrected chi connectivity index (χ0v) is 44.9. The summed E-state index contributed by atoms with van der Waals surface area (Å²) >= 11 is 0. The van der Waals surface area contributed by atoms with Crippen molar-refractivity contribution in [2.75, 3.05) is 6.54 Å². The number of carbonyl (C=O) groups excluding carboxylic acids is 7. The quantitative estimate of drug-likeness (QED) is 0.0161. The molecular formula is C58H68N10O13. The van der Waals surface area contributed by atoms with Crippen LogP contribution in [0.15, 0.2) is 121 Å². The second-order valence-electron chi connectivity index (χ2n) is 19.4. The van der Waals surface area contributed by atoms with Crippen LogP contribution in [0.2, 0.25) is 0 Å². The Bertz CT molecular complexity index is 2950. The number of rotatable bonds is 34. The van der Waals surface area contributed by atoms with Crippen LogP contribution < -0.4 is 37.6 Å². The third kappa shape index (κ3) is 20.3. The van der Waals surface area contributed by atoms with Crippen LogP contribution in [0.5, 0.6) is 0 Å². The van der Waals surface area contributed by atoms with Crippen molar-refractivity contribution >= 4 is 70.9 Å². The summed E-state index contributed by atoms with van der Waals surface area (Å²) < 4.78 is 1.76. The van der Waals surface area contributed by atoms with Gasteiger partial charge in [-0.05, 0) is 83.4 Å². The number of hydrogen-bond acceptors (Lipinski definition) is 12. The molecule has 0 saturated carbocycles. The monoisotopic (exact) mass is 1110 g/mol. The Morgan fingerprint density at radius 1 is 0.568 bits per heavy atom. The molecule has 23 heteroatoms. The summed E-state index contributed by atoms with van der Waals surface area (Å²) in [5.74, 6) is -10.7. The van der Waals surface area contributed by atoms with E-state index in [1.54, 1.807) is 4.68 Å². The predicted octanol–water partition coefficient (Wildman–Crippen LogP) is 2.95. The fraction of sp³-hybridized carbons (Fsp3) is 0.345. The van der Waals surface area contributed by atoms with Gasteiger partial charge in [-0.1, -0.05) is 134 Å². The number of nitrogens with zero attached hydrogens (tertiary/aromatic N) is 3. The molecule has 5 atom stereocenters. The lowest BCUT2D eigenvalue weighted by Crippen LogP contribution is -2.60. The molecule has 0 aliphatic carbocycles. The molecule has 0 fully saturated rings. The maximum atomic E-state index is 13.6. The molecule has 428 valence electrons. The molecule has 0 bridgehead atoms. The Kier molecular flexibility index (Phi) is 24.4. The van der Waals surface area contributed by atoms with Crippen LogP contribution in [0.3, 0.4) is 0 Å². The molecule has 23 nitrogen and oxygen atoms in total. The lowest BCUT2D eigenvalue weighted by atomic mass is 9.85. The maximum Gasteiger partial charge on any atom is 0.305 e. The molecule has 1 aromatic heterocycles. The molecule has 0 unspecified atom stereocenters.